The number of nitrogens with zero attached hydrogens (tertiary/aromatic N) is 3. The quantitative estimate of drug-likeness (QED) is 0.306. The highest BCUT2D eigenvalue weighted by molar-refractivity contribution is 8.14. The summed E-state index contributed by atoms with van der Waals surface area (Å²) in [4.78, 5) is 16.0. The maximum atomic E-state index is 14.3. The molecule has 1 aromatic heterocycles. The van der Waals surface area contributed by atoms with E-state index in [-0.39, 0.29) is 41.3 Å². The van der Waals surface area contributed by atoms with Crippen LogP contribution in [0.3, 0.4) is 0 Å². The number of hydrogen-bond acceptors (Lipinski definition) is 4. The van der Waals surface area contributed by atoms with Crippen molar-refractivity contribution in [2.45, 2.75) is 114 Å². The van der Waals surface area contributed by atoms with E-state index in [2.05, 4.69) is 10.4 Å². The Morgan fingerprint density at radius 3 is 2.48 bits per heavy atom. The summed E-state index contributed by atoms with van der Waals surface area (Å²) in [7, 11) is 0. The molecule has 6 unspecified atom stereocenters. The van der Waals surface area contributed by atoms with Gasteiger partial charge in [-0.25, -0.2) is 4.39 Å². The van der Waals surface area contributed by atoms with E-state index >= 15 is 0 Å². The molecular weight excluding hydrogens is 566 g/mol. The zero-order chi connectivity index (χ0) is 29.6. The lowest BCUT2D eigenvalue weighted by Crippen LogP contribution is -2.48. The van der Waals surface area contributed by atoms with E-state index < -0.39 is 29.9 Å². The monoisotopic (exact) mass is 611 g/mol. The maximum absolute atomic E-state index is 14.3. The summed E-state index contributed by atoms with van der Waals surface area (Å²) in [6.45, 7) is 3.31. The predicted molar refractivity (Wildman–Crippen MR) is 156 cm³/mol. The highest BCUT2D eigenvalue weighted by Gasteiger charge is 2.45. The topological polar surface area (TPSA) is 74.0 Å². The van der Waals surface area contributed by atoms with E-state index in [0.29, 0.717) is 43.3 Å². The molecule has 11 heteroatoms. The number of nitrogens with one attached hydrogen (secondary N) is 2. The van der Waals surface area contributed by atoms with Gasteiger partial charge in [-0.15, -0.1) is 0 Å². The summed E-state index contributed by atoms with van der Waals surface area (Å²) in [6, 6.07) is 0.0202. The molecule has 42 heavy (non-hydrogen) atoms. The summed E-state index contributed by atoms with van der Waals surface area (Å²) in [5.41, 5.74) is -0.562. The minimum atomic E-state index is -4.55. The first kappa shape index (κ1) is 30.3. The highest BCUT2D eigenvalue weighted by atomic mass is 32.2. The summed E-state index contributed by atoms with van der Waals surface area (Å²) in [6.07, 6.45) is 5.73. The van der Waals surface area contributed by atoms with Crippen molar-refractivity contribution in [3.63, 3.8) is 0 Å². The minimum absolute atomic E-state index is 0.00142. The number of amides is 1. The first-order chi connectivity index (χ1) is 20.1. The molecule has 6 nitrogen and oxygen atoms in total. The number of aromatic nitrogens is 2. The van der Waals surface area contributed by atoms with E-state index in [9.17, 15) is 22.4 Å². The van der Waals surface area contributed by atoms with Crippen LogP contribution in [0.25, 0.3) is 0 Å². The summed E-state index contributed by atoms with van der Waals surface area (Å²) < 4.78 is 58.8. The highest BCUT2D eigenvalue weighted by Crippen LogP contribution is 2.47. The third-order valence-corrected chi connectivity index (χ3v) is 11.7. The molecule has 2 N–H and O–H groups in total. The Morgan fingerprint density at radius 2 is 1.83 bits per heavy atom. The number of carbonyl (C=O) groups excluding carboxylic acids is 1. The van der Waals surface area contributed by atoms with Crippen molar-refractivity contribution in [2.24, 2.45) is 29.6 Å². The minimum Gasteiger partial charge on any atom is -0.353 e. The Balaban J connectivity index is 1.24. The lowest BCUT2D eigenvalue weighted by Gasteiger charge is -2.39. The Morgan fingerprint density at radius 1 is 1.10 bits per heavy atom. The van der Waals surface area contributed by atoms with E-state index in [1.807, 2.05) is 11.8 Å². The van der Waals surface area contributed by atoms with Crippen molar-refractivity contribution < 1.29 is 22.4 Å². The zero-order valence-corrected chi connectivity index (χ0v) is 25.4. The van der Waals surface area contributed by atoms with Crippen molar-refractivity contribution in [3.8, 4) is 0 Å². The van der Waals surface area contributed by atoms with Crippen LogP contribution in [0.1, 0.15) is 107 Å². The number of rotatable bonds is 8. The van der Waals surface area contributed by atoms with Crippen molar-refractivity contribution in [3.05, 3.63) is 17.5 Å². The molecule has 6 rings (SSSR count). The van der Waals surface area contributed by atoms with Gasteiger partial charge in [-0.3, -0.25) is 14.9 Å². The fraction of sp³-hybridized carbons (Fsp3) is 0.839. The van der Waals surface area contributed by atoms with Crippen LogP contribution in [0.5, 0.6) is 0 Å². The second-order valence-corrected chi connectivity index (χ2v) is 14.9. The van der Waals surface area contributed by atoms with Crippen LogP contribution in [0.2, 0.25) is 0 Å². The standard InChI is InChI=1S/C31H45F4N5OS/c1-18-12-21(8-9-26(18)32)27(20-6-7-20)37-29(41)23-14-19(16-39-10-11-42-30(39)36)13-22(15-23)25-17-40(24-4-2-3-5-24)38-28(25)31(33,34)35/h17-24,26-27,36H,2-16H2,1H3,(H,37,41)/t18?,19?,21?,22?,23?,26?,27-/m0/s1. The Kier molecular flexibility index (Phi) is 8.87. The second-order valence-electron chi connectivity index (χ2n) is 13.9. The normalized spacial score (nSPS) is 33.7. The fourth-order valence-corrected chi connectivity index (χ4v) is 9.20. The number of thioether (sulfide) groups is 1. The molecule has 0 aromatic carbocycles. The predicted octanol–water partition coefficient (Wildman–Crippen LogP) is 7.17. The van der Waals surface area contributed by atoms with Crippen molar-refractivity contribution in [1.82, 2.24) is 20.0 Å². The first-order valence-corrected chi connectivity index (χ1v) is 17.1. The van der Waals surface area contributed by atoms with Gasteiger partial charge in [0.05, 0.1) is 6.04 Å². The van der Waals surface area contributed by atoms with Gasteiger partial charge in [0.1, 0.15) is 6.17 Å². The number of amidine groups is 1. The van der Waals surface area contributed by atoms with Gasteiger partial charge in [-0.05, 0) is 93.8 Å². The molecule has 1 saturated heterocycles. The molecular formula is C31H45F4N5OS. The first-order valence-electron chi connectivity index (χ1n) is 16.1. The number of alkyl halides is 4. The SMILES string of the molecule is CC1CC([C@@H](NC(=O)C2CC(CN3CCSC3=N)CC(c3cn(C4CCCC4)nc3C(F)(F)F)C2)C2CC2)CCC1F. The molecule has 4 aliphatic carbocycles. The van der Waals surface area contributed by atoms with Crippen LogP contribution in [-0.2, 0) is 11.0 Å². The molecule has 4 saturated carbocycles. The van der Waals surface area contributed by atoms with Crippen molar-refractivity contribution >= 4 is 22.8 Å². The lowest BCUT2D eigenvalue weighted by atomic mass is 9.71. The third-order valence-electron chi connectivity index (χ3n) is 10.8. The molecule has 5 fully saturated rings. The molecule has 1 aromatic rings. The van der Waals surface area contributed by atoms with Crippen molar-refractivity contribution in [2.75, 3.05) is 18.8 Å². The van der Waals surface area contributed by atoms with Gasteiger partial charge in [0.2, 0.25) is 5.91 Å². The van der Waals surface area contributed by atoms with Gasteiger partial charge < -0.3 is 10.2 Å². The van der Waals surface area contributed by atoms with Gasteiger partial charge in [-0.1, -0.05) is 31.5 Å². The largest absolute Gasteiger partial charge is 0.435 e. The van der Waals surface area contributed by atoms with Crippen LogP contribution >= 0.6 is 11.8 Å². The van der Waals surface area contributed by atoms with Crippen LogP contribution in [0.15, 0.2) is 6.20 Å². The van der Waals surface area contributed by atoms with Gasteiger partial charge in [0.25, 0.3) is 0 Å². The van der Waals surface area contributed by atoms with Gasteiger partial charge in [0.15, 0.2) is 10.9 Å². The third kappa shape index (κ3) is 6.65. The second kappa shape index (κ2) is 12.3. The smallest absolute Gasteiger partial charge is 0.353 e. The van der Waals surface area contributed by atoms with E-state index in [4.69, 9.17) is 5.41 Å². The van der Waals surface area contributed by atoms with Crippen LogP contribution in [0, 0.1) is 35.0 Å². The van der Waals surface area contributed by atoms with Crippen molar-refractivity contribution in [1.29, 1.82) is 5.41 Å². The van der Waals surface area contributed by atoms with E-state index in [1.54, 1.807) is 10.9 Å². The van der Waals surface area contributed by atoms with Crippen LogP contribution in [-0.4, -0.2) is 56.8 Å². The van der Waals surface area contributed by atoms with Crippen LogP contribution in [0.4, 0.5) is 17.6 Å². The molecule has 0 spiro atoms. The van der Waals surface area contributed by atoms with Gasteiger partial charge in [0, 0.05) is 42.6 Å². The number of hydrogen-bond donors (Lipinski definition) is 2. The zero-order valence-electron chi connectivity index (χ0n) is 24.6. The van der Waals surface area contributed by atoms with Crippen LogP contribution < -0.4 is 5.32 Å². The molecule has 2 heterocycles. The molecule has 5 aliphatic rings. The Labute approximate surface area is 250 Å². The molecule has 0 bridgehead atoms. The summed E-state index contributed by atoms with van der Waals surface area (Å²) in [5.74, 6) is 0.630. The molecule has 0 radical (unpaired) electrons. The Hall–Kier alpha value is -1.78. The lowest BCUT2D eigenvalue weighted by molar-refractivity contribution is -0.142. The summed E-state index contributed by atoms with van der Waals surface area (Å²) in [5, 5.41) is 16.3. The summed E-state index contributed by atoms with van der Waals surface area (Å²) >= 11 is 1.50. The average molecular weight is 612 g/mol. The number of carbonyl (C=O) groups is 1. The molecule has 1 aliphatic heterocycles. The van der Waals surface area contributed by atoms with Gasteiger partial charge in [-0.2, -0.15) is 18.3 Å². The molecule has 234 valence electrons. The van der Waals surface area contributed by atoms with E-state index in [1.165, 1.54) is 11.8 Å². The number of halogens is 4. The molecule has 7 atom stereocenters. The van der Waals surface area contributed by atoms with E-state index in [0.717, 1.165) is 63.7 Å². The van der Waals surface area contributed by atoms with Gasteiger partial charge >= 0.3 is 6.18 Å². The maximum Gasteiger partial charge on any atom is 0.435 e. The molecule has 1 amide bonds. The Bertz CT molecular complexity index is 1130. The fourth-order valence-electron chi connectivity index (χ4n) is 8.35. The average Bonchev–Trinajstić information content (AvgIpc) is 3.29.